The Morgan fingerprint density at radius 3 is 1.50 bits per heavy atom. The first-order valence-corrected chi connectivity index (χ1v) is 12.3. The van der Waals surface area contributed by atoms with Crippen molar-refractivity contribution in [2.75, 3.05) is 0 Å². The van der Waals surface area contributed by atoms with Crippen LogP contribution >= 0.6 is 0 Å². The van der Waals surface area contributed by atoms with Crippen molar-refractivity contribution >= 4 is 5.97 Å². The zero-order valence-electron chi connectivity index (χ0n) is 19.3. The van der Waals surface area contributed by atoms with Crippen LogP contribution in [0.2, 0.25) is 0 Å². The van der Waals surface area contributed by atoms with Gasteiger partial charge in [0.1, 0.15) is 17.1 Å². The first-order valence-electron chi connectivity index (χ1n) is 12.3. The molecule has 172 valence electrons. The van der Waals surface area contributed by atoms with Crippen LogP contribution in [0, 0.1) is 6.92 Å². The monoisotopic (exact) mass is 420 g/mol. The van der Waals surface area contributed by atoms with Gasteiger partial charge in [0, 0.05) is 5.56 Å². The molecule has 1 aromatic rings. The van der Waals surface area contributed by atoms with Gasteiger partial charge in [-0.2, -0.15) is 0 Å². The highest BCUT2D eigenvalue weighted by Crippen LogP contribution is 2.34. The van der Waals surface area contributed by atoms with Gasteiger partial charge >= 0.3 is 5.97 Å². The van der Waals surface area contributed by atoms with E-state index in [-0.39, 0.29) is 22.6 Å². The van der Waals surface area contributed by atoms with Crippen LogP contribution in [0.4, 0.5) is 0 Å². The lowest BCUT2D eigenvalue weighted by Gasteiger charge is -2.11. The number of phenols is 2. The molecule has 0 saturated heterocycles. The van der Waals surface area contributed by atoms with Crippen LogP contribution in [0.1, 0.15) is 131 Å². The molecule has 0 unspecified atom stereocenters. The molecule has 0 saturated carbocycles. The number of aromatic carboxylic acids is 1. The summed E-state index contributed by atoms with van der Waals surface area (Å²) in [6, 6.07) is 1.41. The number of aryl methyl sites for hydroxylation is 1. The van der Waals surface area contributed by atoms with Gasteiger partial charge in [-0.1, -0.05) is 103 Å². The minimum absolute atomic E-state index is 0.0264. The van der Waals surface area contributed by atoms with E-state index in [0.29, 0.717) is 12.0 Å². The smallest absolute Gasteiger partial charge is 0.339 e. The van der Waals surface area contributed by atoms with Gasteiger partial charge in [0.2, 0.25) is 0 Å². The fourth-order valence-electron chi connectivity index (χ4n) is 4.08. The summed E-state index contributed by atoms with van der Waals surface area (Å²) in [4.78, 5) is 11.2. The molecule has 1 rings (SSSR count). The van der Waals surface area contributed by atoms with Gasteiger partial charge in [-0.15, -0.1) is 0 Å². The summed E-state index contributed by atoms with van der Waals surface area (Å²) in [7, 11) is 0. The maximum atomic E-state index is 11.2. The van der Waals surface area contributed by atoms with Crippen LogP contribution in [-0.4, -0.2) is 21.3 Å². The predicted octanol–water partition coefficient (Wildman–Crippen LogP) is 7.91. The molecule has 0 aliphatic carbocycles. The summed E-state index contributed by atoms with van der Waals surface area (Å²) >= 11 is 0. The Morgan fingerprint density at radius 2 is 1.10 bits per heavy atom. The summed E-state index contributed by atoms with van der Waals surface area (Å²) in [5, 5.41) is 29.2. The van der Waals surface area contributed by atoms with Gasteiger partial charge in [-0.25, -0.2) is 4.79 Å². The Labute approximate surface area is 183 Å². The van der Waals surface area contributed by atoms with Crippen LogP contribution in [0.25, 0.3) is 0 Å². The molecule has 3 N–H and O–H groups in total. The highest BCUT2D eigenvalue weighted by atomic mass is 16.4. The molecule has 0 bridgehead atoms. The summed E-state index contributed by atoms with van der Waals surface area (Å²) in [6.07, 6.45) is 21.6. The quantitative estimate of drug-likeness (QED) is 0.211. The van der Waals surface area contributed by atoms with Crippen molar-refractivity contribution in [1.82, 2.24) is 0 Å². The van der Waals surface area contributed by atoms with Crippen molar-refractivity contribution in [3.05, 3.63) is 22.8 Å². The molecular formula is C26H44O4. The van der Waals surface area contributed by atoms with E-state index in [4.69, 9.17) is 0 Å². The highest BCUT2D eigenvalue weighted by molar-refractivity contribution is 5.92. The van der Waals surface area contributed by atoms with E-state index in [1.165, 1.54) is 96.0 Å². The van der Waals surface area contributed by atoms with E-state index in [1.807, 2.05) is 0 Å². The van der Waals surface area contributed by atoms with Crippen LogP contribution in [0.3, 0.4) is 0 Å². The van der Waals surface area contributed by atoms with E-state index in [9.17, 15) is 20.1 Å². The Kier molecular flexibility index (Phi) is 14.1. The third-order valence-electron chi connectivity index (χ3n) is 6.12. The number of phenolic OH excluding ortho intramolecular Hbond substituents is 1. The van der Waals surface area contributed by atoms with Crippen molar-refractivity contribution in [2.24, 2.45) is 0 Å². The lowest BCUT2D eigenvalue weighted by Crippen LogP contribution is -2.01. The van der Waals surface area contributed by atoms with Crippen molar-refractivity contribution in [3.63, 3.8) is 0 Å². The second-order valence-electron chi connectivity index (χ2n) is 8.76. The molecule has 0 aromatic heterocycles. The molecule has 0 radical (unpaired) electrons. The first kappa shape index (κ1) is 26.3. The zero-order valence-corrected chi connectivity index (χ0v) is 19.3. The Bertz CT molecular complexity index is 610. The molecule has 0 atom stereocenters. The average Bonchev–Trinajstić information content (AvgIpc) is 2.73. The number of carboxylic acids is 1. The molecule has 0 fully saturated rings. The third-order valence-corrected chi connectivity index (χ3v) is 6.12. The number of aromatic hydroxyl groups is 2. The average molecular weight is 421 g/mol. The van der Waals surface area contributed by atoms with E-state index < -0.39 is 5.97 Å². The second-order valence-corrected chi connectivity index (χ2v) is 8.76. The Hall–Kier alpha value is -1.71. The van der Waals surface area contributed by atoms with Gasteiger partial charge in [-0.05, 0) is 31.4 Å². The summed E-state index contributed by atoms with van der Waals surface area (Å²) in [5.74, 6) is -1.47. The number of carboxylic acid groups (broad SMARTS) is 1. The minimum atomic E-state index is -1.16. The van der Waals surface area contributed by atoms with Crippen LogP contribution in [-0.2, 0) is 6.42 Å². The largest absolute Gasteiger partial charge is 0.507 e. The lowest BCUT2D eigenvalue weighted by molar-refractivity contribution is 0.0693. The fraction of sp³-hybridized carbons (Fsp3) is 0.731. The first-order chi connectivity index (χ1) is 14.5. The number of benzene rings is 1. The predicted molar refractivity (Wildman–Crippen MR) is 125 cm³/mol. The minimum Gasteiger partial charge on any atom is -0.507 e. The Balaban J connectivity index is 2.02. The molecular weight excluding hydrogens is 376 g/mol. The normalized spacial score (nSPS) is 11.1. The van der Waals surface area contributed by atoms with Crippen molar-refractivity contribution in [2.45, 2.75) is 123 Å². The molecule has 0 aliphatic rings. The molecule has 0 spiro atoms. The van der Waals surface area contributed by atoms with Crippen molar-refractivity contribution < 1.29 is 20.1 Å². The molecule has 4 heteroatoms. The SMILES string of the molecule is CCCCCCCCCCCCCCCCCCc1cc(C(=O)O)c(O)c(C)c1O. The van der Waals surface area contributed by atoms with Gasteiger partial charge < -0.3 is 15.3 Å². The highest BCUT2D eigenvalue weighted by Gasteiger charge is 2.18. The standard InChI is InChI=1S/C26H44O4/c1-3-4-5-6-7-8-9-10-11-12-13-14-15-16-17-18-19-22-20-23(26(29)30)25(28)21(2)24(22)27/h20,27-28H,3-19H2,1-2H3,(H,29,30). The number of hydrogen-bond donors (Lipinski definition) is 3. The molecule has 0 amide bonds. The maximum Gasteiger partial charge on any atom is 0.339 e. The molecule has 0 heterocycles. The van der Waals surface area contributed by atoms with Crippen LogP contribution < -0.4 is 0 Å². The lowest BCUT2D eigenvalue weighted by atomic mass is 9.98. The molecule has 30 heavy (non-hydrogen) atoms. The maximum absolute atomic E-state index is 11.2. The number of rotatable bonds is 18. The zero-order chi connectivity index (χ0) is 22.2. The molecule has 1 aromatic carbocycles. The third kappa shape index (κ3) is 10.4. The van der Waals surface area contributed by atoms with Crippen LogP contribution in [0.15, 0.2) is 6.07 Å². The fourth-order valence-corrected chi connectivity index (χ4v) is 4.08. The van der Waals surface area contributed by atoms with Gasteiger partial charge in [0.25, 0.3) is 0 Å². The van der Waals surface area contributed by atoms with Gasteiger partial charge in [0.05, 0.1) is 0 Å². The van der Waals surface area contributed by atoms with E-state index in [0.717, 1.165) is 12.8 Å². The van der Waals surface area contributed by atoms with Gasteiger partial charge in [-0.3, -0.25) is 0 Å². The number of carbonyl (C=O) groups is 1. The van der Waals surface area contributed by atoms with E-state index in [2.05, 4.69) is 6.92 Å². The van der Waals surface area contributed by atoms with E-state index in [1.54, 1.807) is 6.92 Å². The van der Waals surface area contributed by atoms with Gasteiger partial charge in [0.15, 0.2) is 0 Å². The number of hydrogen-bond acceptors (Lipinski definition) is 3. The summed E-state index contributed by atoms with van der Waals surface area (Å²) in [5.41, 5.74) is 0.742. The Morgan fingerprint density at radius 1 is 0.700 bits per heavy atom. The molecule has 0 aliphatic heterocycles. The van der Waals surface area contributed by atoms with Crippen molar-refractivity contribution in [1.29, 1.82) is 0 Å². The summed E-state index contributed by atoms with van der Waals surface area (Å²) < 4.78 is 0. The number of unbranched alkanes of at least 4 members (excludes halogenated alkanes) is 15. The second kappa shape index (κ2) is 16.0. The molecule has 4 nitrogen and oxygen atoms in total. The van der Waals surface area contributed by atoms with Crippen LogP contribution in [0.5, 0.6) is 11.5 Å². The summed E-state index contributed by atoms with van der Waals surface area (Å²) in [6.45, 7) is 3.82. The van der Waals surface area contributed by atoms with Crippen molar-refractivity contribution in [3.8, 4) is 11.5 Å². The topological polar surface area (TPSA) is 77.8 Å². The van der Waals surface area contributed by atoms with E-state index >= 15 is 0 Å².